The van der Waals surface area contributed by atoms with Gasteiger partial charge in [0.1, 0.15) is 11.5 Å². The second-order valence-electron chi connectivity index (χ2n) is 4.99. The lowest BCUT2D eigenvalue weighted by molar-refractivity contribution is -0.123. The van der Waals surface area contributed by atoms with E-state index in [1.807, 2.05) is 33.0 Å². The third-order valence-corrected chi connectivity index (χ3v) is 2.71. The van der Waals surface area contributed by atoms with Crippen LogP contribution in [0, 0.1) is 5.92 Å². The van der Waals surface area contributed by atoms with Crippen molar-refractivity contribution in [2.24, 2.45) is 5.92 Å². The quantitative estimate of drug-likeness (QED) is 0.759. The number of carbonyl (C=O) groups is 1. The number of methoxy groups -OCH3 is 1. The molecule has 0 bridgehead atoms. The molecular formula is C15H24N2O3. The molecular weight excluding hydrogens is 256 g/mol. The summed E-state index contributed by atoms with van der Waals surface area (Å²) in [6.45, 7) is 5.44. The molecule has 1 aromatic carbocycles. The van der Waals surface area contributed by atoms with E-state index in [1.165, 1.54) is 0 Å². The maximum atomic E-state index is 11.7. The molecule has 20 heavy (non-hydrogen) atoms. The van der Waals surface area contributed by atoms with E-state index in [4.69, 9.17) is 9.47 Å². The molecule has 0 heterocycles. The van der Waals surface area contributed by atoms with Gasteiger partial charge in [-0.3, -0.25) is 4.79 Å². The van der Waals surface area contributed by atoms with Crippen molar-refractivity contribution in [2.75, 3.05) is 27.3 Å². The van der Waals surface area contributed by atoms with Gasteiger partial charge < -0.3 is 20.1 Å². The number of benzene rings is 1. The van der Waals surface area contributed by atoms with E-state index < -0.39 is 0 Å². The van der Waals surface area contributed by atoms with Crippen LogP contribution < -0.4 is 20.1 Å². The van der Waals surface area contributed by atoms with E-state index in [1.54, 1.807) is 13.2 Å². The number of amides is 1. The average molecular weight is 280 g/mol. The first-order valence-corrected chi connectivity index (χ1v) is 6.77. The summed E-state index contributed by atoms with van der Waals surface area (Å²) in [5, 5.41) is 5.89. The summed E-state index contributed by atoms with van der Waals surface area (Å²) >= 11 is 0. The topological polar surface area (TPSA) is 59.6 Å². The lowest BCUT2D eigenvalue weighted by Crippen LogP contribution is -2.31. The zero-order valence-electron chi connectivity index (χ0n) is 12.7. The van der Waals surface area contributed by atoms with Crippen molar-refractivity contribution < 1.29 is 14.3 Å². The van der Waals surface area contributed by atoms with Crippen LogP contribution in [0.4, 0.5) is 0 Å². The van der Waals surface area contributed by atoms with Crippen LogP contribution in [0.5, 0.6) is 11.5 Å². The van der Waals surface area contributed by atoms with Crippen LogP contribution in [0.2, 0.25) is 0 Å². The Morgan fingerprint density at radius 3 is 2.70 bits per heavy atom. The van der Waals surface area contributed by atoms with Gasteiger partial charge in [-0.05, 0) is 19.0 Å². The molecule has 0 aliphatic rings. The normalized spacial score (nSPS) is 10.4. The van der Waals surface area contributed by atoms with Crippen LogP contribution in [0.25, 0.3) is 0 Å². The van der Waals surface area contributed by atoms with E-state index in [0.717, 1.165) is 5.56 Å². The van der Waals surface area contributed by atoms with Gasteiger partial charge in [0, 0.05) is 24.7 Å². The second kappa shape index (κ2) is 8.43. The third-order valence-electron chi connectivity index (χ3n) is 2.71. The van der Waals surface area contributed by atoms with Crippen LogP contribution in [-0.4, -0.2) is 33.2 Å². The highest BCUT2D eigenvalue weighted by Crippen LogP contribution is 2.24. The van der Waals surface area contributed by atoms with Crippen molar-refractivity contribution >= 4 is 5.91 Å². The van der Waals surface area contributed by atoms with Gasteiger partial charge in [-0.25, -0.2) is 0 Å². The summed E-state index contributed by atoms with van der Waals surface area (Å²) in [7, 11) is 3.47. The highest BCUT2D eigenvalue weighted by atomic mass is 16.5. The summed E-state index contributed by atoms with van der Waals surface area (Å²) in [6.07, 6.45) is 0. The molecule has 0 fully saturated rings. The molecule has 5 heteroatoms. The molecule has 0 radical (unpaired) electrons. The highest BCUT2D eigenvalue weighted by molar-refractivity contribution is 5.77. The van der Waals surface area contributed by atoms with Gasteiger partial charge in [-0.2, -0.15) is 0 Å². The monoisotopic (exact) mass is 280 g/mol. The molecule has 0 aliphatic heterocycles. The highest BCUT2D eigenvalue weighted by Gasteiger charge is 2.08. The molecule has 112 valence electrons. The fourth-order valence-corrected chi connectivity index (χ4v) is 1.64. The van der Waals surface area contributed by atoms with Crippen LogP contribution in [0.1, 0.15) is 19.4 Å². The molecule has 5 nitrogen and oxygen atoms in total. The Balaban J connectivity index is 2.62. The molecule has 1 aromatic rings. The fourth-order valence-electron chi connectivity index (χ4n) is 1.64. The van der Waals surface area contributed by atoms with Gasteiger partial charge in [0.05, 0.1) is 7.11 Å². The van der Waals surface area contributed by atoms with Crippen molar-refractivity contribution in [3.63, 3.8) is 0 Å². The predicted octanol–water partition coefficient (Wildman–Crippen LogP) is 1.57. The number of carbonyl (C=O) groups excluding carboxylic acids is 1. The molecule has 0 spiro atoms. The number of nitrogens with one attached hydrogen (secondary N) is 2. The minimum atomic E-state index is -0.114. The number of hydrogen-bond acceptors (Lipinski definition) is 4. The van der Waals surface area contributed by atoms with E-state index in [0.29, 0.717) is 30.5 Å². The largest absolute Gasteiger partial charge is 0.497 e. The molecule has 0 atom stereocenters. The smallest absolute Gasteiger partial charge is 0.257 e. The molecule has 1 rings (SSSR count). The summed E-state index contributed by atoms with van der Waals surface area (Å²) in [5.74, 6) is 1.69. The zero-order valence-corrected chi connectivity index (χ0v) is 12.7. The number of rotatable bonds is 8. The van der Waals surface area contributed by atoms with Crippen molar-refractivity contribution in [1.29, 1.82) is 0 Å². The Hall–Kier alpha value is -1.75. The zero-order chi connectivity index (χ0) is 15.0. The fraction of sp³-hybridized carbons (Fsp3) is 0.533. The summed E-state index contributed by atoms with van der Waals surface area (Å²) in [4.78, 5) is 11.7. The van der Waals surface area contributed by atoms with Gasteiger partial charge in [-0.15, -0.1) is 0 Å². The Morgan fingerprint density at radius 2 is 2.10 bits per heavy atom. The van der Waals surface area contributed by atoms with Crippen molar-refractivity contribution in [1.82, 2.24) is 10.6 Å². The lowest BCUT2D eigenvalue weighted by atomic mass is 10.2. The molecule has 0 aromatic heterocycles. The van der Waals surface area contributed by atoms with Crippen LogP contribution in [0.15, 0.2) is 18.2 Å². The number of ether oxygens (including phenoxy) is 2. The molecule has 0 unspecified atom stereocenters. The van der Waals surface area contributed by atoms with Crippen LogP contribution in [0.3, 0.4) is 0 Å². The van der Waals surface area contributed by atoms with E-state index in [9.17, 15) is 4.79 Å². The van der Waals surface area contributed by atoms with Crippen molar-refractivity contribution in [3.05, 3.63) is 23.8 Å². The Labute approximate surface area is 120 Å². The van der Waals surface area contributed by atoms with Crippen LogP contribution >= 0.6 is 0 Å². The van der Waals surface area contributed by atoms with E-state index >= 15 is 0 Å². The predicted molar refractivity (Wildman–Crippen MR) is 79.1 cm³/mol. The van der Waals surface area contributed by atoms with Gasteiger partial charge >= 0.3 is 0 Å². The van der Waals surface area contributed by atoms with Crippen molar-refractivity contribution in [3.8, 4) is 11.5 Å². The van der Waals surface area contributed by atoms with Gasteiger partial charge in [0.15, 0.2) is 6.61 Å². The summed E-state index contributed by atoms with van der Waals surface area (Å²) in [6, 6.07) is 5.59. The van der Waals surface area contributed by atoms with E-state index in [-0.39, 0.29) is 12.5 Å². The number of hydrogen-bond donors (Lipinski definition) is 2. The van der Waals surface area contributed by atoms with Crippen molar-refractivity contribution in [2.45, 2.75) is 20.4 Å². The minimum absolute atomic E-state index is 0.0105. The van der Waals surface area contributed by atoms with Gasteiger partial charge in [0.25, 0.3) is 5.91 Å². The maximum Gasteiger partial charge on any atom is 0.257 e. The third kappa shape index (κ3) is 5.48. The second-order valence-corrected chi connectivity index (χ2v) is 4.99. The lowest BCUT2D eigenvalue weighted by Gasteiger charge is -2.13. The molecule has 0 saturated carbocycles. The Kier molecular flexibility index (Phi) is 6.87. The minimum Gasteiger partial charge on any atom is -0.497 e. The summed E-state index contributed by atoms with van der Waals surface area (Å²) < 4.78 is 10.8. The molecule has 0 saturated heterocycles. The van der Waals surface area contributed by atoms with E-state index in [2.05, 4.69) is 10.6 Å². The Morgan fingerprint density at radius 1 is 1.35 bits per heavy atom. The molecule has 0 aliphatic carbocycles. The van der Waals surface area contributed by atoms with Gasteiger partial charge in [-0.1, -0.05) is 19.9 Å². The summed E-state index contributed by atoms with van der Waals surface area (Å²) in [5.41, 5.74) is 0.991. The first-order valence-electron chi connectivity index (χ1n) is 6.77. The SMILES string of the molecule is CNCc1ccc(OC)cc1OCC(=O)NCC(C)C. The Bertz CT molecular complexity index is 433. The maximum absolute atomic E-state index is 11.7. The van der Waals surface area contributed by atoms with Gasteiger partial charge in [0.2, 0.25) is 0 Å². The molecule has 1 amide bonds. The average Bonchev–Trinajstić information content (AvgIpc) is 2.44. The first kappa shape index (κ1) is 16.3. The molecule has 2 N–H and O–H groups in total. The first-order chi connectivity index (χ1) is 9.56. The standard InChI is InChI=1S/C15H24N2O3/c1-11(2)8-17-15(18)10-20-14-7-13(19-4)6-5-12(14)9-16-3/h5-7,11,16H,8-10H2,1-4H3,(H,17,18). The van der Waals surface area contributed by atoms with Crippen LogP contribution in [-0.2, 0) is 11.3 Å².